The largest absolute Gasteiger partial charge is 0.355 e. The summed E-state index contributed by atoms with van der Waals surface area (Å²) in [5.74, 6) is 0.311. The number of benzene rings is 1. The Labute approximate surface area is 173 Å². The van der Waals surface area contributed by atoms with Crippen LogP contribution in [0.4, 0.5) is 0 Å². The highest BCUT2D eigenvalue weighted by Crippen LogP contribution is 2.38. The number of piperazine rings is 1. The second-order valence-corrected chi connectivity index (χ2v) is 8.81. The molecule has 0 spiro atoms. The summed E-state index contributed by atoms with van der Waals surface area (Å²) < 4.78 is 0. The summed E-state index contributed by atoms with van der Waals surface area (Å²) in [6.45, 7) is 2.98. The SMILES string of the molecule is CN(C)CCNC(=O)C1CCC2C(C1)N(Cc1ccccc1)C(=O)C1CCNN12. The summed E-state index contributed by atoms with van der Waals surface area (Å²) >= 11 is 0. The Morgan fingerprint density at radius 1 is 1.17 bits per heavy atom. The van der Waals surface area contributed by atoms with Crippen molar-refractivity contribution in [2.75, 3.05) is 33.7 Å². The van der Waals surface area contributed by atoms with Crippen molar-refractivity contribution in [1.29, 1.82) is 0 Å². The summed E-state index contributed by atoms with van der Waals surface area (Å²) in [6.07, 6.45) is 3.43. The van der Waals surface area contributed by atoms with Crippen molar-refractivity contribution < 1.29 is 9.59 Å². The van der Waals surface area contributed by atoms with E-state index in [2.05, 4.69) is 37.7 Å². The van der Waals surface area contributed by atoms with Crippen molar-refractivity contribution in [1.82, 2.24) is 25.6 Å². The van der Waals surface area contributed by atoms with E-state index < -0.39 is 0 Å². The molecule has 2 saturated heterocycles. The Balaban J connectivity index is 1.49. The highest BCUT2D eigenvalue weighted by molar-refractivity contribution is 5.84. The molecule has 4 atom stereocenters. The van der Waals surface area contributed by atoms with E-state index in [9.17, 15) is 9.59 Å². The molecule has 2 amide bonds. The van der Waals surface area contributed by atoms with Gasteiger partial charge in [0.1, 0.15) is 6.04 Å². The molecule has 4 rings (SSSR count). The minimum absolute atomic E-state index is 0.0244. The van der Waals surface area contributed by atoms with Gasteiger partial charge < -0.3 is 15.1 Å². The van der Waals surface area contributed by atoms with Crippen molar-refractivity contribution in [3.63, 3.8) is 0 Å². The number of hydrogen-bond acceptors (Lipinski definition) is 5. The summed E-state index contributed by atoms with van der Waals surface area (Å²) in [4.78, 5) is 30.2. The van der Waals surface area contributed by atoms with Crippen molar-refractivity contribution in [2.45, 2.75) is 50.4 Å². The van der Waals surface area contributed by atoms with Crippen molar-refractivity contribution in [3.05, 3.63) is 35.9 Å². The second-order valence-electron chi connectivity index (χ2n) is 8.81. The molecule has 1 aliphatic carbocycles. The monoisotopic (exact) mass is 399 g/mol. The summed E-state index contributed by atoms with van der Waals surface area (Å²) in [6, 6.07) is 10.5. The van der Waals surface area contributed by atoms with E-state index in [0.717, 1.165) is 44.3 Å². The third-order valence-electron chi connectivity index (χ3n) is 6.58. The molecule has 7 heteroatoms. The van der Waals surface area contributed by atoms with Gasteiger partial charge in [-0.3, -0.25) is 15.0 Å². The predicted molar refractivity (Wildman–Crippen MR) is 112 cm³/mol. The van der Waals surface area contributed by atoms with Crippen LogP contribution in [0.2, 0.25) is 0 Å². The third kappa shape index (κ3) is 4.32. The number of amides is 2. The minimum Gasteiger partial charge on any atom is -0.355 e. The average Bonchev–Trinajstić information content (AvgIpc) is 3.21. The standard InChI is InChI=1S/C22H33N5O2/c1-25(2)13-12-23-21(28)17-8-9-18-20(14-17)26(15-16-6-4-3-5-7-16)22(29)19-10-11-24-27(18)19/h3-7,17-20,24H,8-15H2,1-2H3,(H,23,28). The molecule has 7 nitrogen and oxygen atoms in total. The number of carbonyl (C=O) groups is 2. The van der Waals surface area contributed by atoms with Gasteiger partial charge in [-0.05, 0) is 45.3 Å². The number of nitrogens with one attached hydrogen (secondary N) is 2. The molecule has 1 aromatic rings. The lowest BCUT2D eigenvalue weighted by Crippen LogP contribution is -2.68. The fourth-order valence-electron chi connectivity index (χ4n) is 5.08. The zero-order valence-electron chi connectivity index (χ0n) is 17.5. The van der Waals surface area contributed by atoms with Gasteiger partial charge in [0, 0.05) is 44.2 Å². The quantitative estimate of drug-likeness (QED) is 0.742. The Bertz CT molecular complexity index is 725. The number of hydrazine groups is 1. The van der Waals surface area contributed by atoms with Crippen LogP contribution in [0.5, 0.6) is 0 Å². The van der Waals surface area contributed by atoms with Crippen LogP contribution in [0.25, 0.3) is 0 Å². The van der Waals surface area contributed by atoms with E-state index in [1.807, 2.05) is 32.3 Å². The van der Waals surface area contributed by atoms with E-state index in [1.165, 1.54) is 0 Å². The van der Waals surface area contributed by atoms with Gasteiger partial charge in [-0.25, -0.2) is 5.01 Å². The van der Waals surface area contributed by atoms with E-state index >= 15 is 0 Å². The Morgan fingerprint density at radius 3 is 2.72 bits per heavy atom. The minimum atomic E-state index is -0.0644. The molecule has 2 N–H and O–H groups in total. The molecule has 1 aromatic carbocycles. The molecule has 4 unspecified atom stereocenters. The number of likely N-dealkylation sites (N-methyl/N-ethyl adjacent to an activating group) is 1. The lowest BCUT2D eigenvalue weighted by atomic mass is 9.78. The number of nitrogens with zero attached hydrogens (tertiary/aromatic N) is 3. The molecular weight excluding hydrogens is 366 g/mol. The maximum absolute atomic E-state index is 13.3. The number of carbonyl (C=O) groups excluding carboxylic acids is 2. The van der Waals surface area contributed by atoms with Crippen LogP contribution in [-0.2, 0) is 16.1 Å². The Morgan fingerprint density at radius 2 is 1.97 bits per heavy atom. The number of rotatable bonds is 6. The lowest BCUT2D eigenvalue weighted by molar-refractivity contribution is -0.157. The fraction of sp³-hybridized carbons (Fsp3) is 0.636. The molecule has 158 valence electrons. The molecule has 0 aromatic heterocycles. The first-order chi connectivity index (χ1) is 14.0. The van der Waals surface area contributed by atoms with Crippen LogP contribution in [0.15, 0.2) is 30.3 Å². The molecule has 2 aliphatic heterocycles. The van der Waals surface area contributed by atoms with E-state index in [1.54, 1.807) is 0 Å². The molecule has 1 saturated carbocycles. The van der Waals surface area contributed by atoms with Gasteiger partial charge >= 0.3 is 0 Å². The maximum atomic E-state index is 13.3. The Hall–Kier alpha value is -1.96. The van der Waals surface area contributed by atoms with E-state index in [4.69, 9.17) is 0 Å². The third-order valence-corrected chi connectivity index (χ3v) is 6.58. The zero-order chi connectivity index (χ0) is 20.4. The molecule has 3 aliphatic rings. The normalized spacial score (nSPS) is 29.6. The van der Waals surface area contributed by atoms with Gasteiger partial charge in [0.25, 0.3) is 0 Å². The topological polar surface area (TPSA) is 67.9 Å². The fourth-order valence-corrected chi connectivity index (χ4v) is 5.08. The first-order valence-corrected chi connectivity index (χ1v) is 10.8. The first kappa shape index (κ1) is 20.3. The summed E-state index contributed by atoms with van der Waals surface area (Å²) in [5.41, 5.74) is 4.59. The average molecular weight is 400 g/mol. The molecular formula is C22H33N5O2. The highest BCUT2D eigenvalue weighted by Gasteiger charge is 2.51. The van der Waals surface area contributed by atoms with Gasteiger partial charge in [0.2, 0.25) is 11.8 Å². The Kier molecular flexibility index (Phi) is 6.18. The summed E-state index contributed by atoms with van der Waals surface area (Å²) in [7, 11) is 4.01. The van der Waals surface area contributed by atoms with Gasteiger partial charge in [-0.2, -0.15) is 0 Å². The van der Waals surface area contributed by atoms with Crippen LogP contribution < -0.4 is 10.7 Å². The smallest absolute Gasteiger partial charge is 0.242 e. The number of hydrogen-bond donors (Lipinski definition) is 2. The van der Waals surface area contributed by atoms with Crippen molar-refractivity contribution in [2.24, 2.45) is 5.92 Å². The lowest BCUT2D eigenvalue weighted by Gasteiger charge is -2.51. The first-order valence-electron chi connectivity index (χ1n) is 10.8. The molecule has 0 bridgehead atoms. The van der Waals surface area contributed by atoms with E-state index in [-0.39, 0.29) is 35.9 Å². The van der Waals surface area contributed by atoms with Crippen molar-refractivity contribution in [3.8, 4) is 0 Å². The summed E-state index contributed by atoms with van der Waals surface area (Å²) in [5, 5.41) is 5.29. The number of fused-ring (bicyclic) bond motifs is 3. The molecule has 29 heavy (non-hydrogen) atoms. The van der Waals surface area contributed by atoms with Crippen LogP contribution in [-0.4, -0.2) is 78.5 Å². The molecule has 2 heterocycles. The molecule has 3 fully saturated rings. The molecule has 0 radical (unpaired) electrons. The van der Waals surface area contributed by atoms with Gasteiger partial charge in [0.05, 0.1) is 0 Å². The van der Waals surface area contributed by atoms with Crippen LogP contribution in [0.1, 0.15) is 31.2 Å². The predicted octanol–water partition coefficient (Wildman–Crippen LogP) is 0.823. The second kappa shape index (κ2) is 8.81. The van der Waals surface area contributed by atoms with Crippen molar-refractivity contribution >= 4 is 11.8 Å². The van der Waals surface area contributed by atoms with Crippen LogP contribution in [0.3, 0.4) is 0 Å². The van der Waals surface area contributed by atoms with Crippen LogP contribution in [0, 0.1) is 5.92 Å². The van der Waals surface area contributed by atoms with Crippen LogP contribution >= 0.6 is 0 Å². The van der Waals surface area contributed by atoms with Gasteiger partial charge in [-0.1, -0.05) is 30.3 Å². The zero-order valence-corrected chi connectivity index (χ0v) is 17.5. The van der Waals surface area contributed by atoms with Gasteiger partial charge in [0.15, 0.2) is 0 Å². The van der Waals surface area contributed by atoms with E-state index in [0.29, 0.717) is 13.1 Å². The highest BCUT2D eigenvalue weighted by atomic mass is 16.2. The maximum Gasteiger partial charge on any atom is 0.242 e. The van der Waals surface area contributed by atoms with Gasteiger partial charge in [-0.15, -0.1) is 0 Å².